The van der Waals surface area contributed by atoms with Crippen molar-refractivity contribution in [2.24, 2.45) is 0 Å². The van der Waals surface area contributed by atoms with E-state index < -0.39 is 0 Å². The first kappa shape index (κ1) is 18.5. The zero-order valence-corrected chi connectivity index (χ0v) is 17.0. The summed E-state index contributed by atoms with van der Waals surface area (Å²) in [4.78, 5) is 12.8. The summed E-state index contributed by atoms with van der Waals surface area (Å²) in [7, 11) is 0. The minimum Gasteiger partial charge on any atom is -0.507 e. The lowest BCUT2D eigenvalue weighted by atomic mass is 9.82. The summed E-state index contributed by atoms with van der Waals surface area (Å²) >= 11 is 0. The molecule has 3 rings (SSSR count). The highest BCUT2D eigenvalue weighted by Crippen LogP contribution is 2.41. The zero-order valence-electron chi connectivity index (χ0n) is 17.0. The van der Waals surface area contributed by atoms with Crippen LogP contribution in [-0.4, -0.2) is 5.11 Å². The molecule has 1 heterocycles. The van der Waals surface area contributed by atoms with E-state index in [1.165, 1.54) is 0 Å². The molecule has 0 atom stereocenters. The SMILES string of the molecule is Cc1c2oc3c(C)c(O)c(C(C)(C)C)cc3cc-2cc(C(C)(C)C)c1=O. The summed E-state index contributed by atoms with van der Waals surface area (Å²) < 4.78 is 6.14. The van der Waals surface area contributed by atoms with Crippen molar-refractivity contribution in [1.82, 2.24) is 0 Å². The van der Waals surface area contributed by atoms with Gasteiger partial charge in [-0.25, -0.2) is 0 Å². The minimum atomic E-state index is -0.230. The molecule has 3 heteroatoms. The number of fused-ring (bicyclic) bond motifs is 2. The van der Waals surface area contributed by atoms with Crippen molar-refractivity contribution < 1.29 is 9.52 Å². The number of hydrogen-bond acceptors (Lipinski definition) is 3. The Morgan fingerprint density at radius 3 is 1.96 bits per heavy atom. The molecule has 3 nitrogen and oxygen atoms in total. The highest BCUT2D eigenvalue weighted by atomic mass is 16.3. The van der Waals surface area contributed by atoms with Gasteiger partial charge in [-0.3, -0.25) is 4.79 Å². The van der Waals surface area contributed by atoms with Gasteiger partial charge in [0, 0.05) is 33.2 Å². The molecule has 0 aromatic heterocycles. The second-order valence-corrected chi connectivity index (χ2v) is 9.36. The lowest BCUT2D eigenvalue weighted by molar-refractivity contribution is 0.442. The predicted molar refractivity (Wildman–Crippen MR) is 108 cm³/mol. The zero-order chi connectivity index (χ0) is 19.6. The van der Waals surface area contributed by atoms with E-state index in [4.69, 9.17) is 4.42 Å². The van der Waals surface area contributed by atoms with E-state index in [1.54, 1.807) is 0 Å². The third kappa shape index (κ3) is 2.80. The Morgan fingerprint density at radius 1 is 0.846 bits per heavy atom. The van der Waals surface area contributed by atoms with Crippen LogP contribution in [0.2, 0.25) is 0 Å². The summed E-state index contributed by atoms with van der Waals surface area (Å²) in [5.41, 5.74) is 4.19. The molecule has 0 saturated carbocycles. The number of rotatable bonds is 0. The van der Waals surface area contributed by atoms with Gasteiger partial charge < -0.3 is 9.52 Å². The van der Waals surface area contributed by atoms with Crippen LogP contribution in [-0.2, 0) is 10.8 Å². The van der Waals surface area contributed by atoms with Gasteiger partial charge in [0.1, 0.15) is 17.1 Å². The second kappa shape index (κ2) is 5.60. The Balaban J connectivity index is 2.47. The van der Waals surface area contributed by atoms with Gasteiger partial charge in [-0.15, -0.1) is 0 Å². The van der Waals surface area contributed by atoms with Crippen LogP contribution in [0.4, 0.5) is 0 Å². The van der Waals surface area contributed by atoms with E-state index in [0.29, 0.717) is 22.5 Å². The molecule has 0 amide bonds. The molecule has 1 N–H and O–H groups in total. The average Bonchev–Trinajstić information content (AvgIpc) is 2.51. The molecule has 138 valence electrons. The maximum Gasteiger partial charge on any atom is 0.189 e. The average molecular weight is 352 g/mol. The fourth-order valence-electron chi connectivity index (χ4n) is 3.51. The third-order valence-corrected chi connectivity index (χ3v) is 5.13. The summed E-state index contributed by atoms with van der Waals surface area (Å²) in [6.07, 6.45) is 0. The summed E-state index contributed by atoms with van der Waals surface area (Å²) in [6, 6.07) is 6.02. The van der Waals surface area contributed by atoms with Crippen LogP contribution in [0.1, 0.15) is 63.8 Å². The van der Waals surface area contributed by atoms with Crippen molar-refractivity contribution in [1.29, 1.82) is 0 Å². The second-order valence-electron chi connectivity index (χ2n) is 9.36. The van der Waals surface area contributed by atoms with Crippen molar-refractivity contribution in [3.05, 3.63) is 50.7 Å². The van der Waals surface area contributed by atoms with E-state index in [0.717, 1.165) is 22.1 Å². The van der Waals surface area contributed by atoms with Crippen molar-refractivity contribution in [3.8, 4) is 17.1 Å². The molecular weight excluding hydrogens is 324 g/mol. The van der Waals surface area contributed by atoms with Gasteiger partial charge >= 0.3 is 0 Å². The topological polar surface area (TPSA) is 50.4 Å². The van der Waals surface area contributed by atoms with Gasteiger partial charge in [-0.05, 0) is 42.9 Å². The highest BCUT2D eigenvalue weighted by molar-refractivity contribution is 5.88. The van der Waals surface area contributed by atoms with Crippen LogP contribution in [0.5, 0.6) is 5.75 Å². The van der Waals surface area contributed by atoms with Gasteiger partial charge in [0.05, 0.1) is 0 Å². The number of hydrogen-bond donors (Lipinski definition) is 1. The molecular formula is C23H28O3. The fourth-order valence-corrected chi connectivity index (χ4v) is 3.51. The van der Waals surface area contributed by atoms with Crippen molar-refractivity contribution in [3.63, 3.8) is 0 Å². The van der Waals surface area contributed by atoms with Gasteiger partial charge in [0.2, 0.25) is 0 Å². The first-order valence-electron chi connectivity index (χ1n) is 9.07. The highest BCUT2D eigenvalue weighted by Gasteiger charge is 2.26. The van der Waals surface area contributed by atoms with Crippen LogP contribution in [0.3, 0.4) is 0 Å². The third-order valence-electron chi connectivity index (χ3n) is 5.13. The minimum absolute atomic E-state index is 0.0290. The summed E-state index contributed by atoms with van der Waals surface area (Å²) in [5, 5.41) is 11.6. The van der Waals surface area contributed by atoms with Crippen LogP contribution in [0.15, 0.2) is 27.4 Å². The maximum atomic E-state index is 12.8. The molecule has 0 spiro atoms. The molecule has 0 bridgehead atoms. The van der Waals surface area contributed by atoms with Crippen LogP contribution in [0.25, 0.3) is 22.3 Å². The molecule has 1 aromatic carbocycles. The molecule has 1 aliphatic heterocycles. The first-order valence-corrected chi connectivity index (χ1v) is 9.07. The Morgan fingerprint density at radius 2 is 1.42 bits per heavy atom. The number of phenolic OH excluding ortho intramolecular Hbond substituents is 1. The van der Waals surface area contributed by atoms with Crippen molar-refractivity contribution in [2.45, 2.75) is 66.2 Å². The normalized spacial score (nSPS) is 12.9. The number of benzene rings is 2. The quantitative estimate of drug-likeness (QED) is 0.519. The molecule has 2 aliphatic rings. The molecule has 26 heavy (non-hydrogen) atoms. The van der Waals surface area contributed by atoms with E-state index in [2.05, 4.69) is 26.8 Å². The molecule has 0 fully saturated rings. The monoisotopic (exact) mass is 352 g/mol. The smallest absolute Gasteiger partial charge is 0.189 e. The van der Waals surface area contributed by atoms with Gasteiger partial charge in [-0.2, -0.15) is 0 Å². The summed E-state index contributed by atoms with van der Waals surface area (Å²) in [6.45, 7) is 16.1. The molecule has 1 aromatic rings. The van der Waals surface area contributed by atoms with E-state index >= 15 is 0 Å². The molecule has 0 unspecified atom stereocenters. The number of aromatic hydroxyl groups is 1. The predicted octanol–water partition coefficient (Wildman–Crippen LogP) is 5.82. The lowest BCUT2D eigenvalue weighted by Gasteiger charge is -2.24. The van der Waals surface area contributed by atoms with Gasteiger partial charge in [-0.1, -0.05) is 41.5 Å². The van der Waals surface area contributed by atoms with Crippen molar-refractivity contribution >= 4 is 11.0 Å². The Kier molecular flexibility index (Phi) is 3.99. The largest absolute Gasteiger partial charge is 0.507 e. The van der Waals surface area contributed by atoms with E-state index in [9.17, 15) is 9.90 Å². The Bertz CT molecular complexity index is 1040. The molecule has 1 aliphatic carbocycles. The summed E-state index contributed by atoms with van der Waals surface area (Å²) in [5.74, 6) is 0.862. The molecule has 0 radical (unpaired) electrons. The number of aryl methyl sites for hydroxylation is 1. The first-order chi connectivity index (χ1) is 11.8. The number of phenols is 1. The fraction of sp³-hybridized carbons (Fsp3) is 0.435. The van der Waals surface area contributed by atoms with Gasteiger partial charge in [0.15, 0.2) is 5.43 Å². The van der Waals surface area contributed by atoms with Crippen LogP contribution in [0, 0.1) is 13.8 Å². The molecule has 0 saturated heterocycles. The van der Waals surface area contributed by atoms with Crippen molar-refractivity contribution in [2.75, 3.05) is 0 Å². The standard InChI is InChI=1S/C23H28O3/c1-12-18(24)16(22(3,4)5)10-14-9-15-11-17(23(6,7)8)19(25)13(2)21(15)26-20(12)14/h9-11,24H,1-8H3. The Labute approximate surface area is 155 Å². The lowest BCUT2D eigenvalue weighted by Crippen LogP contribution is -2.24. The van der Waals surface area contributed by atoms with Crippen LogP contribution >= 0.6 is 0 Å². The van der Waals surface area contributed by atoms with E-state index in [1.807, 2.05) is 46.8 Å². The van der Waals surface area contributed by atoms with E-state index in [-0.39, 0.29) is 22.0 Å². The Hall–Kier alpha value is -2.29. The van der Waals surface area contributed by atoms with Crippen LogP contribution < -0.4 is 5.43 Å². The maximum absolute atomic E-state index is 12.8. The van der Waals surface area contributed by atoms with Gasteiger partial charge in [0.25, 0.3) is 0 Å².